The number of carbonyl (C=O) groups is 1. The minimum absolute atomic E-state index is 0. The van der Waals surface area contributed by atoms with E-state index in [1.54, 1.807) is 19.0 Å². The van der Waals surface area contributed by atoms with Gasteiger partial charge >= 0.3 is 0 Å². The molecule has 2 atom stereocenters. The molecule has 0 radical (unpaired) electrons. The second kappa shape index (κ2) is 12.6. The van der Waals surface area contributed by atoms with Gasteiger partial charge in [0.1, 0.15) is 6.54 Å². The van der Waals surface area contributed by atoms with Gasteiger partial charge in [0.2, 0.25) is 5.91 Å². The maximum Gasteiger partial charge on any atom is 0.243 e. The minimum Gasteiger partial charge on any atom is -0.356 e. The van der Waals surface area contributed by atoms with Crippen LogP contribution in [0.3, 0.4) is 0 Å². The Morgan fingerprint density at radius 3 is 2.61 bits per heavy atom. The lowest BCUT2D eigenvalue weighted by Gasteiger charge is -2.48. The quantitative estimate of drug-likeness (QED) is 0.341. The molecule has 7 heteroatoms. The fourth-order valence-corrected chi connectivity index (χ4v) is 4.56. The zero-order valence-electron chi connectivity index (χ0n) is 19.6. The summed E-state index contributed by atoms with van der Waals surface area (Å²) in [5.74, 6) is 2.14. The smallest absolute Gasteiger partial charge is 0.243 e. The highest BCUT2D eigenvalue weighted by Crippen LogP contribution is 2.31. The van der Waals surface area contributed by atoms with Crippen molar-refractivity contribution < 1.29 is 4.79 Å². The second-order valence-corrected chi connectivity index (χ2v) is 9.36. The van der Waals surface area contributed by atoms with E-state index >= 15 is 0 Å². The average molecular weight is 542 g/mol. The Kier molecular flexibility index (Phi) is 10.6. The molecular formula is C24H40IN5O. The summed E-state index contributed by atoms with van der Waals surface area (Å²) in [6, 6.07) is 11.5. The van der Waals surface area contributed by atoms with E-state index < -0.39 is 0 Å². The van der Waals surface area contributed by atoms with Crippen LogP contribution in [0.25, 0.3) is 0 Å². The van der Waals surface area contributed by atoms with Crippen LogP contribution in [0.2, 0.25) is 0 Å². The lowest BCUT2D eigenvalue weighted by atomic mass is 9.83. The zero-order valence-corrected chi connectivity index (χ0v) is 21.9. The van der Waals surface area contributed by atoms with Crippen LogP contribution in [0, 0.1) is 11.8 Å². The van der Waals surface area contributed by atoms with E-state index in [0.717, 1.165) is 38.6 Å². The van der Waals surface area contributed by atoms with Crippen LogP contribution < -0.4 is 5.32 Å². The molecule has 1 aromatic carbocycles. The molecule has 0 saturated carbocycles. The highest BCUT2D eigenvalue weighted by atomic mass is 127. The maximum atomic E-state index is 12.1. The summed E-state index contributed by atoms with van der Waals surface area (Å²) in [4.78, 5) is 23.5. The third kappa shape index (κ3) is 7.63. The van der Waals surface area contributed by atoms with E-state index in [0.29, 0.717) is 17.9 Å². The van der Waals surface area contributed by atoms with Gasteiger partial charge in [0.15, 0.2) is 5.96 Å². The van der Waals surface area contributed by atoms with Gasteiger partial charge in [0.05, 0.1) is 0 Å². The molecule has 2 fully saturated rings. The van der Waals surface area contributed by atoms with Gasteiger partial charge in [-0.2, -0.15) is 0 Å². The number of hydrogen-bond acceptors (Lipinski definition) is 3. The van der Waals surface area contributed by atoms with E-state index in [1.807, 2.05) is 0 Å². The van der Waals surface area contributed by atoms with Crippen LogP contribution >= 0.6 is 24.0 Å². The summed E-state index contributed by atoms with van der Waals surface area (Å²) < 4.78 is 0. The number of fused-ring (bicyclic) bond motifs is 1. The Labute approximate surface area is 205 Å². The predicted octanol–water partition coefficient (Wildman–Crippen LogP) is 3.28. The van der Waals surface area contributed by atoms with Gasteiger partial charge in [0.25, 0.3) is 0 Å². The molecule has 1 aromatic rings. The molecule has 0 spiro atoms. The van der Waals surface area contributed by atoms with Crippen molar-refractivity contribution in [1.29, 1.82) is 0 Å². The average Bonchev–Trinajstić information content (AvgIpc) is 2.74. The molecule has 2 aliphatic heterocycles. The molecule has 2 saturated heterocycles. The highest BCUT2D eigenvalue weighted by molar-refractivity contribution is 14.0. The molecule has 174 valence electrons. The summed E-state index contributed by atoms with van der Waals surface area (Å²) >= 11 is 0. The summed E-state index contributed by atoms with van der Waals surface area (Å²) in [6.45, 7) is 9.74. The van der Waals surface area contributed by atoms with Crippen molar-refractivity contribution in [2.45, 2.75) is 45.7 Å². The van der Waals surface area contributed by atoms with Crippen LogP contribution in [0.4, 0.5) is 0 Å². The number of amides is 1. The van der Waals surface area contributed by atoms with Crippen molar-refractivity contribution in [2.24, 2.45) is 16.8 Å². The van der Waals surface area contributed by atoms with Crippen LogP contribution in [-0.2, 0) is 11.3 Å². The number of nitrogens with zero attached hydrogens (tertiary/aromatic N) is 4. The summed E-state index contributed by atoms with van der Waals surface area (Å²) in [6.07, 6.45) is 3.69. The molecular weight excluding hydrogens is 501 g/mol. The molecule has 1 amide bonds. The third-order valence-corrected chi connectivity index (χ3v) is 6.24. The first-order valence-corrected chi connectivity index (χ1v) is 11.5. The van der Waals surface area contributed by atoms with E-state index in [9.17, 15) is 4.79 Å². The number of guanidine groups is 1. The number of rotatable bonds is 6. The Morgan fingerprint density at radius 1 is 1.19 bits per heavy atom. The number of nitrogens with one attached hydrogen (secondary N) is 1. The topological polar surface area (TPSA) is 51.2 Å². The monoisotopic (exact) mass is 541 g/mol. The van der Waals surface area contributed by atoms with E-state index in [4.69, 9.17) is 4.99 Å². The fourth-order valence-electron chi connectivity index (χ4n) is 4.56. The minimum atomic E-state index is 0. The first-order valence-electron chi connectivity index (χ1n) is 11.5. The lowest BCUT2D eigenvalue weighted by molar-refractivity contribution is -0.127. The van der Waals surface area contributed by atoms with Gasteiger partial charge in [-0.1, -0.05) is 44.2 Å². The number of aliphatic imine (C=N–C) groups is 1. The molecule has 0 aromatic heterocycles. The fraction of sp³-hybridized carbons (Fsp3) is 0.667. The molecule has 0 aliphatic carbocycles. The predicted molar refractivity (Wildman–Crippen MR) is 139 cm³/mol. The van der Waals surface area contributed by atoms with Gasteiger partial charge in [-0.05, 0) is 43.2 Å². The van der Waals surface area contributed by atoms with Crippen LogP contribution in [0.1, 0.15) is 38.7 Å². The maximum absolute atomic E-state index is 12.1. The van der Waals surface area contributed by atoms with Crippen LogP contribution in [-0.4, -0.2) is 79.4 Å². The van der Waals surface area contributed by atoms with Gasteiger partial charge in [-0.25, -0.2) is 4.99 Å². The van der Waals surface area contributed by atoms with Gasteiger partial charge in [-0.15, -0.1) is 24.0 Å². The number of carbonyl (C=O) groups excluding carboxylic acids is 1. The number of likely N-dealkylation sites (tertiary alicyclic amines) is 2. The van der Waals surface area contributed by atoms with Crippen molar-refractivity contribution in [1.82, 2.24) is 20.0 Å². The molecule has 1 N–H and O–H groups in total. The van der Waals surface area contributed by atoms with Gasteiger partial charge < -0.3 is 15.1 Å². The third-order valence-electron chi connectivity index (χ3n) is 6.24. The Bertz CT molecular complexity index is 709. The first kappa shape index (κ1) is 25.9. The number of piperidine rings is 2. The number of benzene rings is 1. The van der Waals surface area contributed by atoms with Crippen molar-refractivity contribution in [3.8, 4) is 0 Å². The van der Waals surface area contributed by atoms with Gasteiger partial charge in [-0.3, -0.25) is 9.69 Å². The van der Waals surface area contributed by atoms with E-state index in [2.05, 4.69) is 59.3 Å². The van der Waals surface area contributed by atoms with Gasteiger partial charge in [0, 0.05) is 46.3 Å². The van der Waals surface area contributed by atoms with Crippen molar-refractivity contribution in [2.75, 3.05) is 46.8 Å². The summed E-state index contributed by atoms with van der Waals surface area (Å²) in [7, 11) is 3.57. The standard InChI is InChI=1S/C24H39N5O.HI/c1-19(2)15-25-24(26-16-23(30)27(3)4)29-14-12-22-21(18-29)11-8-13-28(22)17-20-9-6-5-7-10-20;/h5-7,9-10,19,21-22H,8,11-18H2,1-4H3,(H,25,26);1H. The molecule has 0 bridgehead atoms. The van der Waals surface area contributed by atoms with Crippen LogP contribution in [0.15, 0.2) is 35.3 Å². The van der Waals surface area contributed by atoms with Crippen LogP contribution in [0.5, 0.6) is 0 Å². The van der Waals surface area contributed by atoms with E-state index in [-0.39, 0.29) is 36.4 Å². The van der Waals surface area contributed by atoms with Crippen molar-refractivity contribution >= 4 is 35.8 Å². The molecule has 2 heterocycles. The normalized spacial score (nSPS) is 22.0. The molecule has 31 heavy (non-hydrogen) atoms. The zero-order chi connectivity index (χ0) is 21.5. The largest absolute Gasteiger partial charge is 0.356 e. The van der Waals surface area contributed by atoms with Crippen molar-refractivity contribution in [3.05, 3.63) is 35.9 Å². The lowest BCUT2D eigenvalue weighted by Crippen LogP contribution is -2.57. The summed E-state index contributed by atoms with van der Waals surface area (Å²) in [5, 5.41) is 3.52. The number of halogens is 1. The SMILES string of the molecule is CC(C)CNC(=NCC(=O)N(C)C)N1CCC2C(CCCN2Cc2ccccc2)C1.I. The Morgan fingerprint density at radius 2 is 1.94 bits per heavy atom. The Hall–Kier alpha value is -1.35. The molecule has 6 nitrogen and oxygen atoms in total. The van der Waals surface area contributed by atoms with Crippen molar-refractivity contribution in [3.63, 3.8) is 0 Å². The number of hydrogen-bond donors (Lipinski definition) is 1. The molecule has 2 aliphatic rings. The molecule has 3 rings (SSSR count). The van der Waals surface area contributed by atoms with E-state index in [1.165, 1.54) is 24.9 Å². The summed E-state index contributed by atoms with van der Waals surface area (Å²) in [5.41, 5.74) is 1.41. The highest BCUT2D eigenvalue weighted by Gasteiger charge is 2.36. The first-order chi connectivity index (χ1) is 14.4. The number of likely N-dealkylation sites (N-methyl/N-ethyl adjacent to an activating group) is 1. The Balaban J connectivity index is 0.00000341. The molecule has 2 unspecified atom stereocenters. The second-order valence-electron chi connectivity index (χ2n) is 9.36.